The second-order valence-electron chi connectivity index (χ2n) is 23.0. The van der Waals surface area contributed by atoms with Gasteiger partial charge < -0.3 is 18.3 Å². The Bertz CT molecular complexity index is 5430. The van der Waals surface area contributed by atoms with Crippen LogP contribution in [0, 0.1) is 0 Å². The van der Waals surface area contributed by atoms with Gasteiger partial charge in [0.25, 0.3) is 0 Å². The van der Waals surface area contributed by atoms with Gasteiger partial charge in [-0.15, -0.1) is 0 Å². The SMILES string of the molecule is CCCCc1cccc2c1c1ccc(-c3ccccc3)cc1n2-c1ccc(-c2ccc(-n3c4cc(-c5ccccc5)ccc4c4c(-c5ccc6c(c5)c5ccccc5n6-c5cccc(-n6c7ccccc7c7ccccc76)c5)cccc43)cc2)cc1. The van der Waals surface area contributed by atoms with E-state index in [0.29, 0.717) is 0 Å². The third-order valence-corrected chi connectivity index (χ3v) is 18.2. The van der Waals surface area contributed by atoms with E-state index in [1.807, 2.05) is 0 Å². The standard InChI is InChI=1S/C82H58N4/c1-2-3-19-58-24-16-34-77-81(58)70-47-40-59(54-20-6-4-7-21-54)51-79(70)83(77)62-43-36-56(37-44-62)57-38-45-63(46-39-57)84-78-35-18-30-66(82(78)71-48-41-60(52-80(71)84)55-22-8-5-9-23-55)61-42-49-76-72(50-61)69-29-12-15-33-75(69)86(76)65-26-17-25-64(53-65)85-73-31-13-10-27-67(73)68-28-11-14-32-74(68)85/h4-18,20-53H,2-3,19H2,1H3. The maximum absolute atomic E-state index is 2.48. The maximum atomic E-state index is 2.48. The molecule has 0 fully saturated rings. The van der Waals surface area contributed by atoms with Crippen molar-refractivity contribution in [2.75, 3.05) is 0 Å². The number of hydrogen-bond donors (Lipinski definition) is 0. The number of para-hydroxylation sites is 3. The molecule has 0 atom stereocenters. The molecule has 4 aromatic heterocycles. The molecule has 0 saturated heterocycles. The Morgan fingerprint density at radius 1 is 0.233 bits per heavy atom. The van der Waals surface area contributed by atoms with Gasteiger partial charge in [-0.05, 0) is 160 Å². The fourth-order valence-corrected chi connectivity index (χ4v) is 14.2. The van der Waals surface area contributed by atoms with E-state index in [-0.39, 0.29) is 0 Å². The summed E-state index contributed by atoms with van der Waals surface area (Å²) in [5.74, 6) is 0. The van der Waals surface area contributed by atoms with Gasteiger partial charge in [-0.3, -0.25) is 0 Å². The fraction of sp³-hybridized carbons (Fsp3) is 0.0488. The first-order chi connectivity index (χ1) is 42.6. The van der Waals surface area contributed by atoms with Crippen LogP contribution in [0.5, 0.6) is 0 Å². The van der Waals surface area contributed by atoms with Crippen LogP contribution in [-0.2, 0) is 6.42 Å². The van der Waals surface area contributed by atoms with E-state index < -0.39 is 0 Å². The number of rotatable bonds is 11. The first-order valence-corrected chi connectivity index (χ1v) is 30.2. The molecule has 4 heterocycles. The van der Waals surface area contributed by atoms with Crippen LogP contribution in [-0.4, -0.2) is 18.3 Å². The maximum Gasteiger partial charge on any atom is 0.0547 e. The molecule has 17 rings (SSSR count). The molecule has 86 heavy (non-hydrogen) atoms. The van der Waals surface area contributed by atoms with E-state index in [1.54, 1.807) is 0 Å². The van der Waals surface area contributed by atoms with Crippen LogP contribution in [0.1, 0.15) is 25.3 Å². The highest BCUT2D eigenvalue weighted by molar-refractivity contribution is 6.18. The zero-order valence-corrected chi connectivity index (χ0v) is 47.7. The minimum absolute atomic E-state index is 1.07. The van der Waals surface area contributed by atoms with Crippen molar-refractivity contribution < 1.29 is 0 Å². The van der Waals surface area contributed by atoms with Crippen LogP contribution in [0.25, 0.3) is 154 Å². The number of fused-ring (bicyclic) bond motifs is 12. The Morgan fingerprint density at radius 2 is 0.640 bits per heavy atom. The highest BCUT2D eigenvalue weighted by Crippen LogP contribution is 2.44. The van der Waals surface area contributed by atoms with Crippen molar-refractivity contribution in [3.05, 3.63) is 303 Å². The van der Waals surface area contributed by atoms with E-state index in [4.69, 9.17) is 0 Å². The van der Waals surface area contributed by atoms with Gasteiger partial charge in [0.2, 0.25) is 0 Å². The summed E-state index contributed by atoms with van der Waals surface area (Å²) in [4.78, 5) is 0. The molecule has 0 amide bonds. The van der Waals surface area contributed by atoms with Gasteiger partial charge in [0.05, 0.1) is 44.1 Å². The second-order valence-corrected chi connectivity index (χ2v) is 23.0. The van der Waals surface area contributed by atoms with Gasteiger partial charge in [0.1, 0.15) is 0 Å². The molecule has 17 aromatic rings. The monoisotopic (exact) mass is 1100 g/mol. The summed E-state index contributed by atoms with van der Waals surface area (Å²) in [7, 11) is 0. The largest absolute Gasteiger partial charge is 0.309 e. The minimum Gasteiger partial charge on any atom is -0.309 e. The van der Waals surface area contributed by atoms with Crippen LogP contribution in [0.2, 0.25) is 0 Å². The van der Waals surface area contributed by atoms with Gasteiger partial charge in [0, 0.05) is 65.8 Å². The smallest absolute Gasteiger partial charge is 0.0547 e. The molecular weight excluding hydrogens is 1040 g/mol. The van der Waals surface area contributed by atoms with E-state index in [1.165, 1.54) is 150 Å². The van der Waals surface area contributed by atoms with Gasteiger partial charge in [-0.25, -0.2) is 0 Å². The number of aromatic nitrogens is 4. The van der Waals surface area contributed by atoms with Crippen molar-refractivity contribution in [3.63, 3.8) is 0 Å². The quantitative estimate of drug-likeness (QED) is 0.123. The van der Waals surface area contributed by atoms with E-state index in [9.17, 15) is 0 Å². The predicted molar refractivity (Wildman–Crippen MR) is 364 cm³/mol. The Kier molecular flexibility index (Phi) is 11.6. The Balaban J connectivity index is 0.769. The summed E-state index contributed by atoms with van der Waals surface area (Å²) in [6, 6.07) is 110. The van der Waals surface area contributed by atoms with Crippen molar-refractivity contribution in [3.8, 4) is 67.3 Å². The molecule has 0 aliphatic carbocycles. The molecule has 0 unspecified atom stereocenters. The Morgan fingerprint density at radius 3 is 1.19 bits per heavy atom. The number of benzene rings is 13. The average molecular weight is 1100 g/mol. The van der Waals surface area contributed by atoms with Crippen molar-refractivity contribution in [2.45, 2.75) is 26.2 Å². The van der Waals surface area contributed by atoms with Crippen LogP contribution in [0.3, 0.4) is 0 Å². The summed E-state index contributed by atoms with van der Waals surface area (Å²) >= 11 is 0. The lowest BCUT2D eigenvalue weighted by molar-refractivity contribution is 0.799. The first kappa shape index (κ1) is 49.7. The van der Waals surface area contributed by atoms with Crippen LogP contribution >= 0.6 is 0 Å². The molecule has 4 heteroatoms. The lowest BCUT2D eigenvalue weighted by atomic mass is 9.97. The molecule has 406 valence electrons. The zero-order chi connectivity index (χ0) is 56.8. The number of nitrogens with zero attached hydrogens (tertiary/aromatic N) is 4. The van der Waals surface area contributed by atoms with Gasteiger partial charge in [0.15, 0.2) is 0 Å². The summed E-state index contributed by atoms with van der Waals surface area (Å²) in [6.07, 6.45) is 3.40. The van der Waals surface area contributed by atoms with Gasteiger partial charge >= 0.3 is 0 Å². The molecule has 0 bridgehead atoms. The van der Waals surface area contributed by atoms with E-state index in [0.717, 1.165) is 29.2 Å². The van der Waals surface area contributed by atoms with Gasteiger partial charge in [-0.2, -0.15) is 0 Å². The summed E-state index contributed by atoms with van der Waals surface area (Å²) in [5.41, 5.74) is 25.1. The van der Waals surface area contributed by atoms with Crippen molar-refractivity contribution in [2.24, 2.45) is 0 Å². The molecule has 0 saturated carbocycles. The molecule has 13 aromatic carbocycles. The van der Waals surface area contributed by atoms with E-state index >= 15 is 0 Å². The molecule has 0 N–H and O–H groups in total. The molecule has 0 spiro atoms. The lowest BCUT2D eigenvalue weighted by Gasteiger charge is -2.13. The lowest BCUT2D eigenvalue weighted by Crippen LogP contribution is -1.98. The Hall–Kier alpha value is -10.9. The minimum atomic E-state index is 1.07. The van der Waals surface area contributed by atoms with Crippen molar-refractivity contribution in [1.82, 2.24) is 18.3 Å². The van der Waals surface area contributed by atoms with Crippen molar-refractivity contribution in [1.29, 1.82) is 0 Å². The number of aryl methyl sites for hydroxylation is 1. The van der Waals surface area contributed by atoms with Crippen LogP contribution < -0.4 is 0 Å². The second kappa shape index (κ2) is 20.2. The molecule has 0 aliphatic heterocycles. The number of hydrogen-bond acceptors (Lipinski definition) is 0. The molecular formula is C82H58N4. The topological polar surface area (TPSA) is 19.7 Å². The van der Waals surface area contributed by atoms with Crippen LogP contribution in [0.4, 0.5) is 0 Å². The molecule has 0 radical (unpaired) electrons. The number of unbranched alkanes of at least 4 members (excludes halogenated alkanes) is 1. The first-order valence-electron chi connectivity index (χ1n) is 30.2. The predicted octanol–water partition coefficient (Wildman–Crippen LogP) is 22.1. The fourth-order valence-electron chi connectivity index (χ4n) is 14.2. The average Bonchev–Trinajstić information content (AvgIpc) is 1.91. The Labute approximate surface area is 498 Å². The highest BCUT2D eigenvalue weighted by atomic mass is 15.0. The summed E-state index contributed by atoms with van der Waals surface area (Å²) < 4.78 is 9.80. The highest BCUT2D eigenvalue weighted by Gasteiger charge is 2.22. The van der Waals surface area contributed by atoms with Crippen LogP contribution in [0.15, 0.2) is 297 Å². The molecule has 0 aliphatic rings. The third kappa shape index (κ3) is 7.91. The third-order valence-electron chi connectivity index (χ3n) is 18.2. The molecule has 4 nitrogen and oxygen atoms in total. The zero-order valence-electron chi connectivity index (χ0n) is 47.7. The van der Waals surface area contributed by atoms with E-state index in [2.05, 4.69) is 322 Å². The van der Waals surface area contributed by atoms with Crippen molar-refractivity contribution >= 4 is 87.2 Å². The summed E-state index contributed by atoms with van der Waals surface area (Å²) in [6.45, 7) is 2.28. The van der Waals surface area contributed by atoms with Gasteiger partial charge in [-0.1, -0.05) is 214 Å². The normalized spacial score (nSPS) is 11.9. The summed E-state index contributed by atoms with van der Waals surface area (Å²) in [5, 5.41) is 10.1.